The number of imidazole rings is 1. The lowest BCUT2D eigenvalue weighted by Gasteiger charge is -2.18. The van der Waals surface area contributed by atoms with Crippen molar-refractivity contribution in [3.63, 3.8) is 0 Å². The highest BCUT2D eigenvalue weighted by atomic mass is 16.6. The molecule has 0 aliphatic heterocycles. The molecule has 0 saturated carbocycles. The summed E-state index contributed by atoms with van der Waals surface area (Å²) in [7, 11) is 0. The van der Waals surface area contributed by atoms with E-state index < -0.39 is 10.5 Å². The van der Waals surface area contributed by atoms with E-state index in [4.69, 9.17) is 5.73 Å². The maximum absolute atomic E-state index is 11.6. The Balaban J connectivity index is 2.62. The molecule has 1 heterocycles. The monoisotopic (exact) mass is 255 g/mol. The Hall–Kier alpha value is -1.96. The minimum Gasteiger partial charge on any atom is -0.358 e. The van der Waals surface area contributed by atoms with Gasteiger partial charge >= 0.3 is 5.82 Å². The van der Waals surface area contributed by atoms with E-state index in [0.29, 0.717) is 12.4 Å². The number of nitrogens with zero attached hydrogens (tertiary/aromatic N) is 3. The summed E-state index contributed by atoms with van der Waals surface area (Å²) in [6.07, 6.45) is 1.24. The van der Waals surface area contributed by atoms with Crippen LogP contribution in [0.1, 0.15) is 19.7 Å². The standard InChI is InChI=1S/C10H17N5O3/c1-7-13-8(15(17)18)4-14(7)5-9(16)12-6-10(2,3)11/h4H,5-6,11H2,1-3H3,(H,12,16). The first-order chi connectivity index (χ1) is 8.19. The fraction of sp³-hybridized carbons (Fsp3) is 0.600. The third kappa shape index (κ3) is 4.13. The highest BCUT2D eigenvalue weighted by molar-refractivity contribution is 5.75. The number of nitro groups is 1. The first-order valence-electron chi connectivity index (χ1n) is 5.43. The smallest absolute Gasteiger partial charge is 0.358 e. The van der Waals surface area contributed by atoms with Gasteiger partial charge in [-0.3, -0.25) is 9.36 Å². The SMILES string of the molecule is Cc1nc([N+](=O)[O-])cn1CC(=O)NCC(C)(C)N. The van der Waals surface area contributed by atoms with Crippen LogP contribution in [0.4, 0.5) is 5.82 Å². The van der Waals surface area contributed by atoms with Gasteiger partial charge in [0.15, 0.2) is 0 Å². The Bertz CT molecular complexity index is 461. The predicted octanol–water partition coefficient (Wildman–Crippen LogP) is -0.0468. The van der Waals surface area contributed by atoms with Crippen LogP contribution in [0.25, 0.3) is 0 Å². The largest absolute Gasteiger partial charge is 0.381 e. The summed E-state index contributed by atoms with van der Waals surface area (Å²) in [5, 5.41) is 13.2. The van der Waals surface area contributed by atoms with Crippen molar-refractivity contribution in [3.05, 3.63) is 22.1 Å². The van der Waals surface area contributed by atoms with Gasteiger partial charge in [-0.1, -0.05) is 0 Å². The number of hydrogen-bond acceptors (Lipinski definition) is 5. The molecule has 1 amide bonds. The van der Waals surface area contributed by atoms with Crippen molar-refractivity contribution in [2.75, 3.05) is 6.54 Å². The topological polar surface area (TPSA) is 116 Å². The molecule has 3 N–H and O–H groups in total. The van der Waals surface area contributed by atoms with E-state index in [1.807, 2.05) is 0 Å². The quantitative estimate of drug-likeness (QED) is 0.565. The molecule has 100 valence electrons. The minimum atomic E-state index is -0.593. The highest BCUT2D eigenvalue weighted by Crippen LogP contribution is 2.09. The van der Waals surface area contributed by atoms with Crippen LogP contribution >= 0.6 is 0 Å². The van der Waals surface area contributed by atoms with Crippen LogP contribution in [-0.4, -0.2) is 32.5 Å². The van der Waals surface area contributed by atoms with E-state index in [9.17, 15) is 14.9 Å². The van der Waals surface area contributed by atoms with Crippen LogP contribution in [0.15, 0.2) is 6.20 Å². The Kier molecular flexibility index (Phi) is 4.02. The third-order valence-electron chi connectivity index (χ3n) is 2.21. The minimum absolute atomic E-state index is 0.0112. The van der Waals surface area contributed by atoms with Crippen molar-refractivity contribution in [2.45, 2.75) is 32.9 Å². The van der Waals surface area contributed by atoms with Gasteiger partial charge < -0.3 is 21.2 Å². The summed E-state index contributed by atoms with van der Waals surface area (Å²) in [6.45, 7) is 5.51. The highest BCUT2D eigenvalue weighted by Gasteiger charge is 2.18. The van der Waals surface area contributed by atoms with Gasteiger partial charge in [-0.2, -0.15) is 0 Å². The van der Waals surface area contributed by atoms with Crippen LogP contribution in [-0.2, 0) is 11.3 Å². The molecule has 0 radical (unpaired) electrons. The Labute approximate surface area is 104 Å². The fourth-order valence-corrected chi connectivity index (χ4v) is 1.28. The van der Waals surface area contributed by atoms with Gasteiger partial charge in [0.1, 0.15) is 12.7 Å². The lowest BCUT2D eigenvalue weighted by Crippen LogP contribution is -2.45. The van der Waals surface area contributed by atoms with Crippen molar-refractivity contribution < 1.29 is 9.72 Å². The Morgan fingerprint density at radius 1 is 1.67 bits per heavy atom. The van der Waals surface area contributed by atoms with Gasteiger partial charge in [0.2, 0.25) is 11.7 Å². The first kappa shape index (κ1) is 14.1. The van der Waals surface area contributed by atoms with Crippen LogP contribution in [0.3, 0.4) is 0 Å². The fourth-order valence-electron chi connectivity index (χ4n) is 1.28. The summed E-state index contributed by atoms with van der Waals surface area (Å²) >= 11 is 0. The molecule has 0 bridgehead atoms. The first-order valence-corrected chi connectivity index (χ1v) is 5.43. The average Bonchev–Trinajstić information content (AvgIpc) is 2.57. The number of aromatic nitrogens is 2. The van der Waals surface area contributed by atoms with Crippen molar-refractivity contribution >= 4 is 11.7 Å². The summed E-state index contributed by atoms with van der Waals surface area (Å²) in [6, 6.07) is 0. The molecule has 0 aromatic carbocycles. The average molecular weight is 255 g/mol. The third-order valence-corrected chi connectivity index (χ3v) is 2.21. The maximum Gasteiger partial charge on any atom is 0.381 e. The molecule has 0 aliphatic rings. The van der Waals surface area contributed by atoms with Crippen molar-refractivity contribution in [3.8, 4) is 0 Å². The van der Waals surface area contributed by atoms with E-state index in [2.05, 4.69) is 10.3 Å². The Morgan fingerprint density at radius 2 is 2.28 bits per heavy atom. The van der Waals surface area contributed by atoms with Gasteiger partial charge in [0, 0.05) is 19.0 Å². The van der Waals surface area contributed by atoms with E-state index in [0.717, 1.165) is 0 Å². The maximum atomic E-state index is 11.6. The summed E-state index contributed by atoms with van der Waals surface area (Å²) in [5.41, 5.74) is 5.23. The molecule has 0 atom stereocenters. The number of aryl methyl sites for hydroxylation is 1. The van der Waals surface area contributed by atoms with Gasteiger partial charge in [-0.15, -0.1) is 0 Å². The molecule has 1 aromatic rings. The molecule has 18 heavy (non-hydrogen) atoms. The zero-order chi connectivity index (χ0) is 13.9. The summed E-state index contributed by atoms with van der Waals surface area (Å²) < 4.78 is 1.43. The number of nitrogens with one attached hydrogen (secondary N) is 1. The zero-order valence-corrected chi connectivity index (χ0v) is 10.6. The second-order valence-electron chi connectivity index (χ2n) is 4.80. The number of nitrogens with two attached hydrogens (primary N) is 1. The molecule has 1 aromatic heterocycles. The number of hydrogen-bond donors (Lipinski definition) is 2. The molecule has 1 rings (SSSR count). The van der Waals surface area contributed by atoms with Gasteiger partial charge in [-0.05, 0) is 23.8 Å². The van der Waals surface area contributed by atoms with Crippen LogP contribution in [0.2, 0.25) is 0 Å². The molecule has 0 saturated heterocycles. The normalized spacial score (nSPS) is 11.3. The lowest BCUT2D eigenvalue weighted by molar-refractivity contribution is -0.389. The molecule has 0 aliphatic carbocycles. The number of amides is 1. The van der Waals surface area contributed by atoms with Crippen LogP contribution in [0.5, 0.6) is 0 Å². The van der Waals surface area contributed by atoms with Crippen LogP contribution in [0, 0.1) is 17.0 Å². The van der Waals surface area contributed by atoms with Crippen molar-refractivity contribution in [1.29, 1.82) is 0 Å². The van der Waals surface area contributed by atoms with E-state index in [1.165, 1.54) is 10.8 Å². The second kappa shape index (κ2) is 5.13. The summed E-state index contributed by atoms with van der Waals surface area (Å²) in [5.74, 6) is -0.104. The lowest BCUT2D eigenvalue weighted by atomic mass is 10.1. The van der Waals surface area contributed by atoms with Gasteiger partial charge in [0.05, 0.1) is 0 Å². The van der Waals surface area contributed by atoms with Gasteiger partial charge in [0.25, 0.3) is 0 Å². The Morgan fingerprint density at radius 3 is 2.72 bits per heavy atom. The molecule has 0 fully saturated rings. The molecular formula is C10H17N5O3. The molecule has 0 unspecified atom stereocenters. The van der Waals surface area contributed by atoms with E-state index >= 15 is 0 Å². The number of carbonyl (C=O) groups excluding carboxylic acids is 1. The molecular weight excluding hydrogens is 238 g/mol. The van der Waals surface area contributed by atoms with E-state index in [1.54, 1.807) is 20.8 Å². The predicted molar refractivity (Wildman–Crippen MR) is 64.9 cm³/mol. The number of carbonyl (C=O) groups is 1. The molecule has 8 nitrogen and oxygen atoms in total. The molecule has 0 spiro atoms. The van der Waals surface area contributed by atoms with E-state index in [-0.39, 0.29) is 18.3 Å². The zero-order valence-electron chi connectivity index (χ0n) is 10.6. The van der Waals surface area contributed by atoms with Crippen molar-refractivity contribution in [1.82, 2.24) is 14.9 Å². The second-order valence-corrected chi connectivity index (χ2v) is 4.80. The molecule has 8 heteroatoms. The summed E-state index contributed by atoms with van der Waals surface area (Å²) in [4.78, 5) is 25.3. The van der Waals surface area contributed by atoms with Gasteiger partial charge in [-0.25, -0.2) is 0 Å². The van der Waals surface area contributed by atoms with Crippen molar-refractivity contribution in [2.24, 2.45) is 5.73 Å². The van der Waals surface area contributed by atoms with Crippen LogP contribution < -0.4 is 11.1 Å². The number of rotatable bonds is 5.